The second-order valence-corrected chi connectivity index (χ2v) is 8.07. The zero-order valence-corrected chi connectivity index (χ0v) is 13.6. The topological polar surface area (TPSA) is 40.6 Å². The first kappa shape index (κ1) is 14.5. The largest absolute Gasteiger partial charge is 0.342 e. The molecule has 0 bridgehead atoms. The Labute approximate surface area is 133 Å². The third-order valence-electron chi connectivity index (χ3n) is 6.37. The molecule has 2 aliphatic carbocycles. The van der Waals surface area contributed by atoms with Crippen molar-refractivity contribution < 1.29 is 9.59 Å². The number of carbonyl (C=O) groups is 2. The van der Waals surface area contributed by atoms with Crippen LogP contribution in [0.5, 0.6) is 0 Å². The smallest absolute Gasteiger partial charge is 0.230 e. The van der Waals surface area contributed by atoms with E-state index in [4.69, 9.17) is 0 Å². The van der Waals surface area contributed by atoms with Crippen LogP contribution in [0.1, 0.15) is 57.8 Å². The summed E-state index contributed by atoms with van der Waals surface area (Å²) in [5.41, 5.74) is -0.235. The third kappa shape index (κ3) is 2.55. The van der Waals surface area contributed by atoms with Gasteiger partial charge >= 0.3 is 0 Å². The number of hydrogen-bond donors (Lipinski definition) is 0. The van der Waals surface area contributed by atoms with Crippen LogP contribution in [0.4, 0.5) is 0 Å². The lowest BCUT2D eigenvalue weighted by molar-refractivity contribution is -0.146. The van der Waals surface area contributed by atoms with E-state index in [1.54, 1.807) is 0 Å². The molecule has 0 aromatic heterocycles. The van der Waals surface area contributed by atoms with Gasteiger partial charge in [-0.3, -0.25) is 9.59 Å². The summed E-state index contributed by atoms with van der Waals surface area (Å²) in [6.07, 6.45) is 10.1. The zero-order valence-electron chi connectivity index (χ0n) is 13.6. The van der Waals surface area contributed by atoms with Crippen LogP contribution >= 0.6 is 0 Å². The van der Waals surface area contributed by atoms with Gasteiger partial charge in [-0.2, -0.15) is 0 Å². The Kier molecular flexibility index (Phi) is 3.66. The number of nitrogens with zero attached hydrogens (tertiary/aromatic N) is 2. The summed E-state index contributed by atoms with van der Waals surface area (Å²) in [5, 5.41) is 0. The predicted octanol–water partition coefficient (Wildman–Crippen LogP) is 2.43. The van der Waals surface area contributed by atoms with Gasteiger partial charge < -0.3 is 9.80 Å². The van der Waals surface area contributed by atoms with Crippen molar-refractivity contribution in [1.29, 1.82) is 0 Å². The molecule has 0 N–H and O–H groups in total. The number of carbonyl (C=O) groups excluding carboxylic acids is 2. The number of hydrogen-bond acceptors (Lipinski definition) is 2. The van der Waals surface area contributed by atoms with E-state index in [9.17, 15) is 9.59 Å². The van der Waals surface area contributed by atoms with Crippen LogP contribution in [0.25, 0.3) is 0 Å². The minimum atomic E-state index is -0.235. The Hall–Kier alpha value is -1.06. The van der Waals surface area contributed by atoms with Crippen LogP contribution in [-0.4, -0.2) is 47.8 Å². The van der Waals surface area contributed by atoms with Crippen LogP contribution in [0.3, 0.4) is 0 Å². The van der Waals surface area contributed by atoms with Gasteiger partial charge in [0.15, 0.2) is 0 Å². The van der Waals surface area contributed by atoms with Crippen molar-refractivity contribution in [2.45, 2.75) is 57.8 Å². The maximum absolute atomic E-state index is 13.0. The lowest BCUT2D eigenvalue weighted by atomic mass is 9.78. The first-order chi connectivity index (χ1) is 10.7. The minimum absolute atomic E-state index is 0.235. The molecule has 4 aliphatic rings. The SMILES string of the molecule is O=C(C1CCCC1)N1CC[C@]2(CCCN(CC3CC3)C2=O)C1. The fraction of sp³-hybridized carbons (Fsp3) is 0.889. The van der Waals surface area contributed by atoms with Crippen molar-refractivity contribution in [2.24, 2.45) is 17.3 Å². The van der Waals surface area contributed by atoms with Crippen molar-refractivity contribution in [2.75, 3.05) is 26.2 Å². The van der Waals surface area contributed by atoms with E-state index in [1.165, 1.54) is 25.7 Å². The molecule has 2 heterocycles. The lowest BCUT2D eigenvalue weighted by Gasteiger charge is -2.39. The maximum Gasteiger partial charge on any atom is 0.230 e. The fourth-order valence-electron chi connectivity index (χ4n) is 4.81. The van der Waals surface area contributed by atoms with E-state index < -0.39 is 0 Å². The number of rotatable bonds is 3. The summed E-state index contributed by atoms with van der Waals surface area (Å²) >= 11 is 0. The van der Waals surface area contributed by atoms with Gasteiger partial charge in [-0.1, -0.05) is 12.8 Å². The van der Waals surface area contributed by atoms with Gasteiger partial charge in [0.2, 0.25) is 11.8 Å². The predicted molar refractivity (Wildman–Crippen MR) is 84.1 cm³/mol. The minimum Gasteiger partial charge on any atom is -0.342 e. The normalized spacial score (nSPS) is 33.2. The van der Waals surface area contributed by atoms with E-state index in [0.717, 1.165) is 57.7 Å². The number of piperidine rings is 1. The molecule has 0 aromatic rings. The van der Waals surface area contributed by atoms with E-state index in [-0.39, 0.29) is 11.3 Å². The van der Waals surface area contributed by atoms with Gasteiger partial charge in [-0.05, 0) is 50.9 Å². The maximum atomic E-state index is 13.0. The molecule has 2 amide bonds. The standard InChI is InChI=1S/C18H28N2O2/c21-16(15-4-1-2-5-15)20-11-9-18(13-20)8-3-10-19(17(18)22)12-14-6-7-14/h14-15H,1-13H2/t18-/m1/s1. The summed E-state index contributed by atoms with van der Waals surface area (Å²) < 4.78 is 0. The molecule has 4 rings (SSSR count). The first-order valence-electron chi connectivity index (χ1n) is 9.26. The molecular formula is C18H28N2O2. The number of likely N-dealkylation sites (tertiary alicyclic amines) is 2. The van der Waals surface area contributed by atoms with Gasteiger partial charge in [0, 0.05) is 32.1 Å². The summed E-state index contributed by atoms with van der Waals surface area (Å²) in [5.74, 6) is 1.70. The highest BCUT2D eigenvalue weighted by molar-refractivity contribution is 5.86. The molecule has 4 nitrogen and oxygen atoms in total. The van der Waals surface area contributed by atoms with E-state index in [2.05, 4.69) is 4.90 Å². The number of amides is 2. The van der Waals surface area contributed by atoms with Crippen LogP contribution in [-0.2, 0) is 9.59 Å². The zero-order chi connectivity index (χ0) is 15.2. The second-order valence-electron chi connectivity index (χ2n) is 8.07. The van der Waals surface area contributed by atoms with Crippen LogP contribution in [0, 0.1) is 17.3 Å². The average molecular weight is 304 g/mol. The Morgan fingerprint density at radius 2 is 1.82 bits per heavy atom. The van der Waals surface area contributed by atoms with Gasteiger partial charge in [0.1, 0.15) is 0 Å². The molecule has 0 unspecified atom stereocenters. The summed E-state index contributed by atoms with van der Waals surface area (Å²) in [6.45, 7) is 3.41. The lowest BCUT2D eigenvalue weighted by Crippen LogP contribution is -2.51. The summed E-state index contributed by atoms with van der Waals surface area (Å²) in [7, 11) is 0. The molecule has 4 fully saturated rings. The average Bonchev–Trinajstić information content (AvgIpc) is 3.03. The summed E-state index contributed by atoms with van der Waals surface area (Å²) in [4.78, 5) is 29.8. The fourth-order valence-corrected chi connectivity index (χ4v) is 4.81. The third-order valence-corrected chi connectivity index (χ3v) is 6.37. The van der Waals surface area contributed by atoms with Crippen LogP contribution in [0.15, 0.2) is 0 Å². The quantitative estimate of drug-likeness (QED) is 0.803. The van der Waals surface area contributed by atoms with Crippen molar-refractivity contribution in [3.63, 3.8) is 0 Å². The van der Waals surface area contributed by atoms with Crippen molar-refractivity contribution in [3.05, 3.63) is 0 Å². The van der Waals surface area contributed by atoms with Crippen molar-refractivity contribution >= 4 is 11.8 Å². The Morgan fingerprint density at radius 3 is 2.55 bits per heavy atom. The highest BCUT2D eigenvalue weighted by Gasteiger charge is 2.50. The monoisotopic (exact) mass is 304 g/mol. The Bertz CT molecular complexity index is 468. The highest BCUT2D eigenvalue weighted by Crippen LogP contribution is 2.42. The molecule has 1 spiro atoms. The van der Waals surface area contributed by atoms with E-state index in [0.29, 0.717) is 18.4 Å². The van der Waals surface area contributed by atoms with Gasteiger partial charge in [-0.25, -0.2) is 0 Å². The molecule has 22 heavy (non-hydrogen) atoms. The molecule has 2 saturated heterocycles. The molecule has 0 aromatic carbocycles. The van der Waals surface area contributed by atoms with Gasteiger partial charge in [0.05, 0.1) is 5.41 Å². The molecule has 2 aliphatic heterocycles. The van der Waals surface area contributed by atoms with Crippen LogP contribution < -0.4 is 0 Å². The first-order valence-corrected chi connectivity index (χ1v) is 9.26. The van der Waals surface area contributed by atoms with Crippen LogP contribution in [0.2, 0.25) is 0 Å². The van der Waals surface area contributed by atoms with Gasteiger partial charge in [0.25, 0.3) is 0 Å². The molecule has 0 radical (unpaired) electrons. The van der Waals surface area contributed by atoms with E-state index >= 15 is 0 Å². The van der Waals surface area contributed by atoms with Gasteiger partial charge in [-0.15, -0.1) is 0 Å². The van der Waals surface area contributed by atoms with Crippen molar-refractivity contribution in [3.8, 4) is 0 Å². The molecule has 2 saturated carbocycles. The second kappa shape index (κ2) is 5.54. The van der Waals surface area contributed by atoms with Crippen molar-refractivity contribution in [1.82, 2.24) is 9.80 Å². The highest BCUT2D eigenvalue weighted by atomic mass is 16.2. The Balaban J connectivity index is 1.42. The molecule has 1 atom stereocenters. The van der Waals surface area contributed by atoms with E-state index in [1.807, 2.05) is 4.90 Å². The summed E-state index contributed by atoms with van der Waals surface area (Å²) in [6, 6.07) is 0. The Morgan fingerprint density at radius 1 is 1.05 bits per heavy atom. The molecule has 122 valence electrons. The molecular weight excluding hydrogens is 276 g/mol. The molecule has 4 heteroatoms.